The summed E-state index contributed by atoms with van der Waals surface area (Å²) in [5.74, 6) is -0.157. The lowest BCUT2D eigenvalue weighted by molar-refractivity contribution is 0.0731. The van der Waals surface area contributed by atoms with Gasteiger partial charge in [0, 0.05) is 71.0 Å². The van der Waals surface area contributed by atoms with Crippen LogP contribution in [0.1, 0.15) is 192 Å². The summed E-state index contributed by atoms with van der Waals surface area (Å²) >= 11 is 0. The SMILES string of the molecule is CC12CCC(C)(CC1)c1cc3c4cc(C(C)(C)C)cc5c6c(F)c7c(c(F)c6n(c3cc1C2=O)c45)c1cc2c3c4c(cc2c2c5cc6c(cc5n7c12)C(=O)C1CCC6CC1)CCCC4(C(C)(C)C)CCC3. The van der Waals surface area contributed by atoms with E-state index < -0.39 is 17.0 Å². The Bertz CT molecular complexity index is 4180. The van der Waals surface area contributed by atoms with Crippen molar-refractivity contribution in [3.63, 3.8) is 0 Å². The maximum Gasteiger partial charge on any atom is 0.169 e. The predicted octanol–water partition coefficient (Wildman–Crippen LogP) is 17.2. The number of carbonyl (C=O) groups excluding carboxylic acids is 2. The maximum absolute atomic E-state index is 19.3. The lowest BCUT2D eigenvalue weighted by atomic mass is 9.52. The zero-order chi connectivity index (χ0) is 48.5. The number of hydrogen-bond donors (Lipinski definition) is 0. The van der Waals surface area contributed by atoms with Gasteiger partial charge in [0.2, 0.25) is 0 Å². The fourth-order valence-electron chi connectivity index (χ4n) is 17.3. The van der Waals surface area contributed by atoms with E-state index in [2.05, 4.69) is 104 Å². The molecule has 1 atom stereocenters. The Hall–Kier alpha value is -5.62. The predicted molar refractivity (Wildman–Crippen MR) is 286 cm³/mol. The van der Waals surface area contributed by atoms with Gasteiger partial charge >= 0.3 is 0 Å². The highest BCUT2D eigenvalue weighted by Crippen LogP contribution is 2.60. The van der Waals surface area contributed by atoms with E-state index in [0.29, 0.717) is 16.7 Å². The molecule has 8 aliphatic carbocycles. The Morgan fingerprint density at radius 1 is 0.549 bits per heavy atom. The molecule has 4 heterocycles. The van der Waals surface area contributed by atoms with Gasteiger partial charge in [0.05, 0.1) is 33.1 Å². The fourth-order valence-corrected chi connectivity index (χ4v) is 17.3. The fraction of sp³-hybridized carbons (Fsp3) is 0.446. The van der Waals surface area contributed by atoms with Crippen molar-refractivity contribution in [3.8, 4) is 0 Å². The largest absolute Gasteiger partial charge is 0.305 e. The smallest absolute Gasteiger partial charge is 0.169 e. The molecule has 6 aromatic carbocycles. The van der Waals surface area contributed by atoms with Crippen molar-refractivity contribution >= 4 is 98.5 Å². The van der Waals surface area contributed by atoms with Crippen LogP contribution in [0.25, 0.3) is 87.0 Å². The third-order valence-electron chi connectivity index (χ3n) is 21.4. The van der Waals surface area contributed by atoms with Crippen LogP contribution >= 0.6 is 0 Å². The average Bonchev–Trinajstić information content (AvgIpc) is 4.02. The molecule has 358 valence electrons. The second kappa shape index (κ2) is 12.8. The summed E-state index contributed by atoms with van der Waals surface area (Å²) in [6, 6.07) is 17.9. The van der Waals surface area contributed by atoms with Crippen molar-refractivity contribution in [2.24, 2.45) is 16.7 Å². The van der Waals surface area contributed by atoms with Crippen molar-refractivity contribution in [3.05, 3.63) is 105 Å². The molecule has 18 rings (SSSR count). The molecule has 4 aromatic heterocycles. The molecular weight excluding hydrogens is 879 g/mol. The van der Waals surface area contributed by atoms with Gasteiger partial charge in [0.25, 0.3) is 0 Å². The summed E-state index contributed by atoms with van der Waals surface area (Å²) in [6.45, 7) is 18.3. The summed E-state index contributed by atoms with van der Waals surface area (Å²) in [4.78, 5) is 29.3. The minimum absolute atomic E-state index is 0.00464. The van der Waals surface area contributed by atoms with Crippen LogP contribution in [0.2, 0.25) is 0 Å². The van der Waals surface area contributed by atoms with Gasteiger partial charge in [-0.3, -0.25) is 9.59 Å². The standard InChI is InChI=1S/C65H62F2N2O2/c1-61(2,3)34-24-40-38-28-46-42(60(71)64(8)21-19-63(46,7)20-22-64)30-47(38)68-55(40)44(25-34)50-53(66)58-51(54(67)57(50)68)45-27-37-35-12-10-18-65(62(4,5)6)17-9-11-33(52(35)65)23-39(37)49-43-26-36-31-13-15-32(16-14-31)59(70)41(36)29-48(43)69(58)56(45)49/h23-32H,9-22H2,1-8H3. The van der Waals surface area contributed by atoms with E-state index in [1.807, 2.05) is 8.80 Å². The molecule has 71 heavy (non-hydrogen) atoms. The lowest BCUT2D eigenvalue weighted by Crippen LogP contribution is -2.45. The third-order valence-corrected chi connectivity index (χ3v) is 21.4. The number of nitrogens with zero attached hydrogens (tertiary/aromatic N) is 2. The molecule has 0 aliphatic heterocycles. The normalized spacial score (nSPS) is 26.7. The molecule has 2 saturated carbocycles. The number of benzene rings is 6. The third kappa shape index (κ3) is 4.76. The molecule has 6 heteroatoms. The number of ketones is 2. The zero-order valence-corrected chi connectivity index (χ0v) is 42.6. The molecule has 4 bridgehead atoms. The van der Waals surface area contributed by atoms with Gasteiger partial charge < -0.3 is 8.80 Å². The van der Waals surface area contributed by atoms with Gasteiger partial charge in [-0.25, -0.2) is 8.78 Å². The van der Waals surface area contributed by atoms with Gasteiger partial charge in [-0.1, -0.05) is 61.5 Å². The van der Waals surface area contributed by atoms with Crippen LogP contribution in [0, 0.1) is 28.4 Å². The average molecular weight is 941 g/mol. The summed E-state index contributed by atoms with van der Waals surface area (Å²) in [6.07, 6.45) is 14.0. The molecule has 0 saturated heterocycles. The van der Waals surface area contributed by atoms with Gasteiger partial charge in [-0.05, 0) is 199 Å². The van der Waals surface area contributed by atoms with Gasteiger partial charge in [-0.15, -0.1) is 0 Å². The van der Waals surface area contributed by atoms with E-state index in [1.165, 1.54) is 27.5 Å². The van der Waals surface area contributed by atoms with E-state index in [9.17, 15) is 9.59 Å². The van der Waals surface area contributed by atoms with E-state index in [-0.39, 0.29) is 55.6 Å². The number of rotatable bonds is 0. The van der Waals surface area contributed by atoms with Gasteiger partial charge in [0.15, 0.2) is 23.2 Å². The molecule has 0 radical (unpaired) electrons. The van der Waals surface area contributed by atoms with Gasteiger partial charge in [-0.2, -0.15) is 0 Å². The molecule has 0 N–H and O–H groups in total. The van der Waals surface area contributed by atoms with Crippen LogP contribution < -0.4 is 0 Å². The Kier molecular flexibility index (Phi) is 7.54. The van der Waals surface area contributed by atoms with Crippen molar-refractivity contribution in [2.45, 2.75) is 167 Å². The van der Waals surface area contributed by atoms with Crippen molar-refractivity contribution in [1.29, 1.82) is 0 Å². The Morgan fingerprint density at radius 3 is 1.85 bits per heavy atom. The summed E-state index contributed by atoms with van der Waals surface area (Å²) in [5.41, 5.74) is 12.1. The number of aromatic nitrogens is 2. The number of hydrogen-bond acceptors (Lipinski definition) is 2. The number of carbonyl (C=O) groups is 2. The van der Waals surface area contributed by atoms with Crippen molar-refractivity contribution < 1.29 is 18.4 Å². The number of halogens is 2. The molecule has 0 amide bonds. The Balaban J connectivity index is 1.13. The first kappa shape index (κ1) is 41.9. The summed E-state index contributed by atoms with van der Waals surface area (Å²) < 4.78 is 42.6. The molecule has 1 unspecified atom stereocenters. The number of aryl methyl sites for hydroxylation is 2. The number of Topliss-reactive ketones (excluding diaryl/α,β-unsaturated/α-hetero) is 2. The van der Waals surface area contributed by atoms with Crippen LogP contribution in [-0.2, 0) is 29.1 Å². The first-order chi connectivity index (χ1) is 33.8. The molecule has 10 aromatic rings. The summed E-state index contributed by atoms with van der Waals surface area (Å²) in [7, 11) is 0. The van der Waals surface area contributed by atoms with Crippen LogP contribution in [0.3, 0.4) is 0 Å². The van der Waals surface area contributed by atoms with Crippen molar-refractivity contribution in [2.75, 3.05) is 0 Å². The maximum atomic E-state index is 19.3. The topological polar surface area (TPSA) is 43.0 Å². The minimum Gasteiger partial charge on any atom is -0.305 e. The highest BCUT2D eigenvalue weighted by molar-refractivity contribution is 6.34. The Labute approximate surface area is 412 Å². The van der Waals surface area contributed by atoms with E-state index in [4.69, 9.17) is 0 Å². The second-order valence-electron chi connectivity index (χ2n) is 26.8. The van der Waals surface area contributed by atoms with E-state index in [1.54, 1.807) is 0 Å². The molecular formula is C65H62F2N2O2. The van der Waals surface area contributed by atoms with E-state index in [0.717, 1.165) is 167 Å². The molecule has 2 fully saturated rings. The second-order valence-corrected chi connectivity index (χ2v) is 26.8. The minimum atomic E-state index is -0.443. The first-order valence-corrected chi connectivity index (χ1v) is 27.3. The zero-order valence-electron chi connectivity index (χ0n) is 42.6. The monoisotopic (exact) mass is 940 g/mol. The lowest BCUT2D eigenvalue weighted by Gasteiger charge is -2.52. The first-order valence-electron chi connectivity index (χ1n) is 27.3. The van der Waals surface area contributed by atoms with Crippen LogP contribution in [0.5, 0.6) is 0 Å². The van der Waals surface area contributed by atoms with Crippen molar-refractivity contribution in [1.82, 2.24) is 8.80 Å². The Morgan fingerprint density at radius 2 is 1.15 bits per heavy atom. The van der Waals surface area contributed by atoms with Crippen LogP contribution in [0.15, 0.2) is 48.5 Å². The van der Waals surface area contributed by atoms with E-state index >= 15 is 8.78 Å². The molecule has 4 nitrogen and oxygen atoms in total. The quantitative estimate of drug-likeness (QED) is 0.152. The van der Waals surface area contributed by atoms with Crippen LogP contribution in [-0.4, -0.2) is 20.4 Å². The highest BCUT2D eigenvalue weighted by atomic mass is 19.1. The van der Waals surface area contributed by atoms with Gasteiger partial charge in [0.1, 0.15) is 0 Å². The molecule has 8 aliphatic rings. The highest BCUT2D eigenvalue weighted by Gasteiger charge is 2.51. The molecule has 0 spiro atoms. The summed E-state index contributed by atoms with van der Waals surface area (Å²) in [5, 5.41) is 8.46. The van der Waals surface area contributed by atoms with Crippen LogP contribution in [0.4, 0.5) is 8.78 Å². The number of fused-ring (bicyclic) bond motifs is 19.